The third-order valence-electron chi connectivity index (χ3n) is 2.97. The molecule has 0 unspecified atom stereocenters. The molecule has 6 heteroatoms. The first kappa shape index (κ1) is 13.8. The Morgan fingerprint density at radius 3 is 3.00 bits per heavy atom. The fourth-order valence-electron chi connectivity index (χ4n) is 1.95. The van der Waals surface area contributed by atoms with Gasteiger partial charge >= 0.3 is 0 Å². The fourth-order valence-corrected chi connectivity index (χ4v) is 2.38. The van der Waals surface area contributed by atoms with E-state index in [1.807, 2.05) is 6.92 Å². The zero-order chi connectivity index (χ0) is 14.8. The highest BCUT2D eigenvalue weighted by atomic mass is 79.9. The van der Waals surface area contributed by atoms with Crippen LogP contribution in [0.2, 0.25) is 0 Å². The van der Waals surface area contributed by atoms with Crippen molar-refractivity contribution in [2.75, 3.05) is 5.32 Å². The minimum atomic E-state index is -0.277. The number of benzene rings is 1. The van der Waals surface area contributed by atoms with Gasteiger partial charge in [0.25, 0.3) is 5.91 Å². The average molecular weight is 346 g/mol. The molecule has 3 aromatic rings. The molecule has 0 aliphatic rings. The van der Waals surface area contributed by atoms with Gasteiger partial charge in [-0.05, 0) is 46.3 Å². The number of hydrogen-bond donors (Lipinski definition) is 1. The van der Waals surface area contributed by atoms with Crippen molar-refractivity contribution in [3.63, 3.8) is 0 Å². The zero-order valence-corrected chi connectivity index (χ0v) is 12.8. The first-order chi connectivity index (χ1) is 10.2. The molecule has 1 aromatic carbocycles. The highest BCUT2D eigenvalue weighted by Gasteiger charge is 2.12. The molecule has 106 valence electrons. The minimum absolute atomic E-state index is 0.277. The molecule has 0 atom stereocenters. The summed E-state index contributed by atoms with van der Waals surface area (Å²) in [4.78, 5) is 20.6. The van der Waals surface area contributed by atoms with Crippen LogP contribution in [0.5, 0.6) is 0 Å². The van der Waals surface area contributed by atoms with Gasteiger partial charge in [-0.1, -0.05) is 6.92 Å². The molecule has 0 fully saturated rings. The van der Waals surface area contributed by atoms with E-state index >= 15 is 0 Å². The van der Waals surface area contributed by atoms with Gasteiger partial charge in [0.05, 0.1) is 0 Å². The molecule has 0 saturated carbocycles. The third kappa shape index (κ3) is 2.80. The van der Waals surface area contributed by atoms with E-state index in [4.69, 9.17) is 4.42 Å². The van der Waals surface area contributed by atoms with Crippen LogP contribution < -0.4 is 5.32 Å². The SMILES string of the molecule is CCc1nc2cc(NC(=O)c3ncccc3Br)ccc2o1. The lowest BCUT2D eigenvalue weighted by Gasteiger charge is -2.05. The summed E-state index contributed by atoms with van der Waals surface area (Å²) in [5.41, 5.74) is 2.43. The Morgan fingerprint density at radius 1 is 1.38 bits per heavy atom. The predicted molar refractivity (Wildman–Crippen MR) is 83.3 cm³/mol. The van der Waals surface area contributed by atoms with Gasteiger partial charge in [-0.2, -0.15) is 0 Å². The quantitative estimate of drug-likeness (QED) is 0.783. The predicted octanol–water partition coefficient (Wildman–Crippen LogP) is 3.80. The number of carbonyl (C=O) groups is 1. The summed E-state index contributed by atoms with van der Waals surface area (Å²) in [6.45, 7) is 1.98. The van der Waals surface area contributed by atoms with Crippen molar-refractivity contribution in [3.8, 4) is 0 Å². The van der Waals surface area contributed by atoms with Gasteiger partial charge in [0, 0.05) is 22.8 Å². The molecule has 0 radical (unpaired) electrons. The number of oxazole rings is 1. The van der Waals surface area contributed by atoms with Gasteiger partial charge in [0.15, 0.2) is 11.5 Å². The van der Waals surface area contributed by atoms with E-state index in [1.54, 1.807) is 36.5 Å². The highest BCUT2D eigenvalue weighted by molar-refractivity contribution is 9.10. The van der Waals surface area contributed by atoms with Crippen molar-refractivity contribution in [3.05, 3.63) is 52.6 Å². The van der Waals surface area contributed by atoms with Crippen molar-refractivity contribution in [2.24, 2.45) is 0 Å². The molecule has 2 heterocycles. The van der Waals surface area contributed by atoms with Gasteiger partial charge in [-0.3, -0.25) is 4.79 Å². The van der Waals surface area contributed by atoms with Crippen LogP contribution in [0.25, 0.3) is 11.1 Å². The van der Waals surface area contributed by atoms with E-state index in [0.717, 1.165) is 11.9 Å². The number of hydrogen-bond acceptors (Lipinski definition) is 4. The van der Waals surface area contributed by atoms with Crippen molar-refractivity contribution >= 4 is 38.6 Å². The Labute approximate surface area is 129 Å². The average Bonchev–Trinajstić information content (AvgIpc) is 2.90. The second-order valence-electron chi connectivity index (χ2n) is 4.43. The lowest BCUT2D eigenvalue weighted by Crippen LogP contribution is -2.14. The number of aromatic nitrogens is 2. The molecule has 3 rings (SSSR count). The van der Waals surface area contributed by atoms with Crippen LogP contribution in [0.1, 0.15) is 23.3 Å². The molecule has 2 aromatic heterocycles. The molecule has 0 aliphatic heterocycles. The van der Waals surface area contributed by atoms with Crippen LogP contribution >= 0.6 is 15.9 Å². The summed E-state index contributed by atoms with van der Waals surface area (Å²) in [6.07, 6.45) is 2.31. The smallest absolute Gasteiger partial charge is 0.275 e. The van der Waals surface area contributed by atoms with Gasteiger partial charge in [0.1, 0.15) is 11.2 Å². The van der Waals surface area contributed by atoms with E-state index in [0.29, 0.717) is 27.3 Å². The topological polar surface area (TPSA) is 68.0 Å². The van der Waals surface area contributed by atoms with Crippen molar-refractivity contribution in [1.82, 2.24) is 9.97 Å². The number of nitrogens with one attached hydrogen (secondary N) is 1. The summed E-state index contributed by atoms with van der Waals surface area (Å²) in [5, 5.41) is 2.81. The first-order valence-electron chi connectivity index (χ1n) is 6.48. The number of anilines is 1. The summed E-state index contributed by atoms with van der Waals surface area (Å²) in [7, 11) is 0. The molecule has 0 spiro atoms. The van der Waals surface area contributed by atoms with Crippen molar-refractivity contribution < 1.29 is 9.21 Å². The maximum Gasteiger partial charge on any atom is 0.275 e. The molecular formula is C15H12BrN3O2. The molecule has 5 nitrogen and oxygen atoms in total. The summed E-state index contributed by atoms with van der Waals surface area (Å²) >= 11 is 3.31. The Kier molecular flexibility index (Phi) is 3.70. The van der Waals surface area contributed by atoms with E-state index in [1.165, 1.54) is 0 Å². The molecule has 0 bridgehead atoms. The minimum Gasteiger partial charge on any atom is -0.441 e. The van der Waals surface area contributed by atoms with Crippen LogP contribution in [0, 0.1) is 0 Å². The maximum atomic E-state index is 12.2. The van der Waals surface area contributed by atoms with Crippen molar-refractivity contribution in [1.29, 1.82) is 0 Å². The Bertz CT molecular complexity index is 814. The third-order valence-corrected chi connectivity index (χ3v) is 3.61. The summed E-state index contributed by atoms with van der Waals surface area (Å²) < 4.78 is 6.19. The van der Waals surface area contributed by atoms with E-state index < -0.39 is 0 Å². The summed E-state index contributed by atoms with van der Waals surface area (Å²) in [5.74, 6) is 0.405. The lowest BCUT2D eigenvalue weighted by molar-refractivity contribution is 0.102. The molecule has 1 N–H and O–H groups in total. The van der Waals surface area contributed by atoms with Gasteiger partial charge in [0.2, 0.25) is 0 Å². The number of halogens is 1. The van der Waals surface area contributed by atoms with Crippen LogP contribution in [-0.2, 0) is 6.42 Å². The van der Waals surface area contributed by atoms with Crippen LogP contribution in [0.3, 0.4) is 0 Å². The van der Waals surface area contributed by atoms with E-state index in [-0.39, 0.29) is 5.91 Å². The number of rotatable bonds is 3. The largest absolute Gasteiger partial charge is 0.441 e. The molecule has 0 aliphatic carbocycles. The molecule has 1 amide bonds. The first-order valence-corrected chi connectivity index (χ1v) is 7.28. The number of fused-ring (bicyclic) bond motifs is 1. The second-order valence-corrected chi connectivity index (χ2v) is 5.29. The number of pyridine rings is 1. The van der Waals surface area contributed by atoms with Crippen LogP contribution in [0.15, 0.2) is 45.4 Å². The Morgan fingerprint density at radius 2 is 2.24 bits per heavy atom. The Balaban J connectivity index is 1.87. The number of nitrogens with zero attached hydrogens (tertiary/aromatic N) is 2. The fraction of sp³-hybridized carbons (Fsp3) is 0.133. The van der Waals surface area contributed by atoms with Crippen LogP contribution in [0.4, 0.5) is 5.69 Å². The summed E-state index contributed by atoms with van der Waals surface area (Å²) in [6, 6.07) is 8.89. The zero-order valence-electron chi connectivity index (χ0n) is 11.3. The Hall–Kier alpha value is -2.21. The maximum absolute atomic E-state index is 12.2. The monoisotopic (exact) mass is 345 g/mol. The lowest BCUT2D eigenvalue weighted by atomic mass is 10.2. The molecular weight excluding hydrogens is 334 g/mol. The molecule has 21 heavy (non-hydrogen) atoms. The number of amides is 1. The van der Waals surface area contributed by atoms with E-state index in [9.17, 15) is 4.79 Å². The second kappa shape index (κ2) is 5.65. The number of aryl methyl sites for hydroxylation is 1. The number of carbonyl (C=O) groups excluding carboxylic acids is 1. The standard InChI is InChI=1S/C15H12BrN3O2/c1-2-13-19-11-8-9(5-6-12(11)21-13)18-15(20)14-10(16)4-3-7-17-14/h3-8H,2H2,1H3,(H,18,20). The normalized spacial score (nSPS) is 10.8. The highest BCUT2D eigenvalue weighted by Crippen LogP contribution is 2.21. The molecule has 0 saturated heterocycles. The van der Waals surface area contributed by atoms with Gasteiger partial charge in [-0.25, -0.2) is 9.97 Å². The van der Waals surface area contributed by atoms with Gasteiger partial charge < -0.3 is 9.73 Å². The van der Waals surface area contributed by atoms with E-state index in [2.05, 4.69) is 31.2 Å². The van der Waals surface area contributed by atoms with Crippen LogP contribution in [-0.4, -0.2) is 15.9 Å². The van der Waals surface area contributed by atoms with Gasteiger partial charge in [-0.15, -0.1) is 0 Å². The van der Waals surface area contributed by atoms with Crippen molar-refractivity contribution in [2.45, 2.75) is 13.3 Å².